The van der Waals surface area contributed by atoms with Crippen molar-refractivity contribution in [1.29, 1.82) is 0 Å². The highest BCUT2D eigenvalue weighted by atomic mass is 16.5. The summed E-state index contributed by atoms with van der Waals surface area (Å²) in [6, 6.07) is 11.3. The third-order valence-corrected chi connectivity index (χ3v) is 3.66. The molecule has 3 rings (SSSR count). The van der Waals surface area contributed by atoms with E-state index in [1.54, 1.807) is 12.4 Å². The van der Waals surface area contributed by atoms with Gasteiger partial charge >= 0.3 is 0 Å². The number of aromatic amines is 1. The Balaban J connectivity index is 1.39. The number of ether oxygens (including phenoxy) is 1. The maximum atomic E-state index is 10.0. The lowest BCUT2D eigenvalue weighted by Gasteiger charge is -2.12. The first-order chi connectivity index (χ1) is 12.2. The lowest BCUT2D eigenvalue weighted by Crippen LogP contribution is -2.26. The van der Waals surface area contributed by atoms with Crippen LogP contribution >= 0.6 is 0 Å². The van der Waals surface area contributed by atoms with Crippen LogP contribution in [0.15, 0.2) is 48.8 Å². The molecule has 0 bridgehead atoms. The van der Waals surface area contributed by atoms with Crippen molar-refractivity contribution in [3.05, 3.63) is 60.2 Å². The number of nitrogens with one attached hydrogen (secondary N) is 2. The quantitative estimate of drug-likeness (QED) is 0.542. The predicted molar refractivity (Wildman–Crippen MR) is 94.1 cm³/mol. The van der Waals surface area contributed by atoms with E-state index in [4.69, 9.17) is 4.74 Å². The molecule has 0 aliphatic carbocycles. The summed E-state index contributed by atoms with van der Waals surface area (Å²) in [5.74, 6) is 2.25. The minimum Gasteiger partial charge on any atom is -0.492 e. The Morgan fingerprint density at radius 2 is 2.08 bits per heavy atom. The molecule has 0 aliphatic heterocycles. The monoisotopic (exact) mass is 339 g/mol. The van der Waals surface area contributed by atoms with Gasteiger partial charge in [-0.3, -0.25) is 10.1 Å². The van der Waals surface area contributed by atoms with Gasteiger partial charge in [-0.2, -0.15) is 5.10 Å². The number of rotatable bonds is 8. The van der Waals surface area contributed by atoms with E-state index < -0.39 is 6.10 Å². The fourth-order valence-electron chi connectivity index (χ4n) is 2.34. The first-order valence-corrected chi connectivity index (χ1v) is 8.13. The van der Waals surface area contributed by atoms with Gasteiger partial charge in [0, 0.05) is 36.6 Å². The highest BCUT2D eigenvalue weighted by Crippen LogP contribution is 2.19. The average Bonchev–Trinajstić information content (AvgIpc) is 3.09. The summed E-state index contributed by atoms with van der Waals surface area (Å²) in [4.78, 5) is 8.29. The second-order valence-electron chi connectivity index (χ2n) is 5.62. The zero-order valence-electron chi connectivity index (χ0n) is 14.0. The maximum absolute atomic E-state index is 10.0. The fraction of sp³-hybridized carbons (Fsp3) is 0.278. The number of hydrogen-bond acceptors (Lipinski definition) is 6. The molecule has 1 aromatic carbocycles. The number of hydrogen-bond donors (Lipinski definition) is 3. The Bertz CT molecular complexity index is 774. The molecule has 0 radical (unpaired) electrons. The van der Waals surface area contributed by atoms with Crippen LogP contribution in [0.1, 0.15) is 17.5 Å². The number of aliphatic hydroxyl groups is 1. The van der Waals surface area contributed by atoms with Crippen molar-refractivity contribution in [3.63, 3.8) is 0 Å². The molecule has 7 nitrogen and oxygen atoms in total. The molecule has 0 amide bonds. The van der Waals surface area contributed by atoms with Gasteiger partial charge in [-0.1, -0.05) is 6.07 Å². The third-order valence-electron chi connectivity index (χ3n) is 3.66. The van der Waals surface area contributed by atoms with Crippen molar-refractivity contribution in [1.82, 2.24) is 25.5 Å². The number of pyridine rings is 1. The van der Waals surface area contributed by atoms with Crippen molar-refractivity contribution < 1.29 is 9.84 Å². The van der Waals surface area contributed by atoms with E-state index in [0.717, 1.165) is 22.7 Å². The zero-order chi connectivity index (χ0) is 17.5. The standard InChI is InChI=1S/C18H21N5O2/c1-13-21-18(23-22-13)14-4-6-16(7-5-14)25-10-9-20-12-17(24)15-3-2-8-19-11-15/h2-8,11,17,20,24H,9-10,12H2,1H3,(H,21,22,23)/t17-/m0/s1. The summed E-state index contributed by atoms with van der Waals surface area (Å²) in [5.41, 5.74) is 1.74. The van der Waals surface area contributed by atoms with Gasteiger partial charge in [-0.05, 0) is 37.3 Å². The Morgan fingerprint density at radius 3 is 2.76 bits per heavy atom. The highest BCUT2D eigenvalue weighted by Gasteiger charge is 2.06. The number of benzene rings is 1. The van der Waals surface area contributed by atoms with Gasteiger partial charge in [-0.25, -0.2) is 4.98 Å². The molecule has 2 heterocycles. The van der Waals surface area contributed by atoms with Crippen LogP contribution in [0.2, 0.25) is 0 Å². The van der Waals surface area contributed by atoms with E-state index in [2.05, 4.69) is 25.5 Å². The number of aryl methyl sites for hydroxylation is 1. The lowest BCUT2D eigenvalue weighted by atomic mass is 10.1. The summed E-state index contributed by atoms with van der Waals surface area (Å²) in [6.07, 6.45) is 2.78. The molecule has 3 aromatic rings. The van der Waals surface area contributed by atoms with Crippen LogP contribution < -0.4 is 10.1 Å². The maximum Gasteiger partial charge on any atom is 0.181 e. The van der Waals surface area contributed by atoms with Crippen LogP contribution in [-0.2, 0) is 0 Å². The molecule has 2 aromatic heterocycles. The molecule has 130 valence electrons. The normalized spacial score (nSPS) is 12.1. The Morgan fingerprint density at radius 1 is 1.24 bits per heavy atom. The molecule has 0 fully saturated rings. The highest BCUT2D eigenvalue weighted by molar-refractivity contribution is 5.55. The Kier molecular flexibility index (Phi) is 5.71. The number of H-pyrrole nitrogens is 1. The number of aromatic nitrogens is 4. The second kappa shape index (κ2) is 8.36. The van der Waals surface area contributed by atoms with E-state index in [0.29, 0.717) is 25.5 Å². The van der Waals surface area contributed by atoms with Gasteiger partial charge in [-0.15, -0.1) is 0 Å². The van der Waals surface area contributed by atoms with Gasteiger partial charge < -0.3 is 15.2 Å². The van der Waals surface area contributed by atoms with Gasteiger partial charge in [0.2, 0.25) is 0 Å². The summed E-state index contributed by atoms with van der Waals surface area (Å²) >= 11 is 0. The Labute approximate surface area is 146 Å². The predicted octanol–water partition coefficient (Wildman–Crippen LogP) is 1.88. The number of nitrogens with zero attached hydrogens (tertiary/aromatic N) is 3. The molecule has 7 heteroatoms. The van der Waals surface area contributed by atoms with E-state index in [-0.39, 0.29) is 0 Å². The van der Waals surface area contributed by atoms with Gasteiger partial charge in [0.25, 0.3) is 0 Å². The van der Waals surface area contributed by atoms with Crippen LogP contribution in [0.4, 0.5) is 0 Å². The van der Waals surface area contributed by atoms with Crippen LogP contribution in [0.3, 0.4) is 0 Å². The smallest absolute Gasteiger partial charge is 0.181 e. The molecular weight excluding hydrogens is 318 g/mol. The van der Waals surface area contributed by atoms with Crippen LogP contribution in [-0.4, -0.2) is 45.0 Å². The summed E-state index contributed by atoms with van der Waals surface area (Å²) < 4.78 is 5.68. The van der Waals surface area contributed by atoms with Crippen molar-refractivity contribution in [2.45, 2.75) is 13.0 Å². The zero-order valence-corrected chi connectivity index (χ0v) is 14.0. The van der Waals surface area contributed by atoms with Crippen LogP contribution in [0, 0.1) is 6.92 Å². The summed E-state index contributed by atoms with van der Waals surface area (Å²) in [7, 11) is 0. The molecule has 0 saturated heterocycles. The van der Waals surface area contributed by atoms with E-state index >= 15 is 0 Å². The van der Waals surface area contributed by atoms with Crippen molar-refractivity contribution >= 4 is 0 Å². The minimum absolute atomic E-state index is 0.457. The Hall–Kier alpha value is -2.77. The van der Waals surface area contributed by atoms with Crippen LogP contribution in [0.25, 0.3) is 11.4 Å². The third kappa shape index (κ3) is 4.85. The van der Waals surface area contributed by atoms with Crippen molar-refractivity contribution in [2.75, 3.05) is 19.7 Å². The molecule has 0 spiro atoms. The van der Waals surface area contributed by atoms with Crippen molar-refractivity contribution in [3.8, 4) is 17.1 Å². The summed E-state index contributed by atoms with van der Waals surface area (Å²) in [6.45, 7) is 3.47. The van der Waals surface area contributed by atoms with Crippen LogP contribution in [0.5, 0.6) is 5.75 Å². The molecule has 3 N–H and O–H groups in total. The number of aliphatic hydroxyl groups excluding tert-OH is 1. The van der Waals surface area contributed by atoms with E-state index in [9.17, 15) is 5.11 Å². The lowest BCUT2D eigenvalue weighted by molar-refractivity contribution is 0.171. The molecule has 25 heavy (non-hydrogen) atoms. The van der Waals surface area contributed by atoms with Gasteiger partial charge in [0.1, 0.15) is 18.2 Å². The second-order valence-corrected chi connectivity index (χ2v) is 5.62. The molecule has 1 atom stereocenters. The topological polar surface area (TPSA) is 95.9 Å². The first kappa shape index (κ1) is 17.1. The van der Waals surface area contributed by atoms with Crippen molar-refractivity contribution in [2.24, 2.45) is 0 Å². The average molecular weight is 339 g/mol. The largest absolute Gasteiger partial charge is 0.492 e. The first-order valence-electron chi connectivity index (χ1n) is 8.13. The fourth-order valence-corrected chi connectivity index (χ4v) is 2.34. The SMILES string of the molecule is Cc1nc(-c2ccc(OCCNC[C@H](O)c3cccnc3)cc2)n[nH]1. The molecule has 0 unspecified atom stereocenters. The van der Waals surface area contributed by atoms with E-state index in [1.807, 2.05) is 43.3 Å². The van der Waals surface area contributed by atoms with Gasteiger partial charge in [0.05, 0.1) is 6.10 Å². The summed E-state index contributed by atoms with van der Waals surface area (Å²) in [5, 5.41) is 20.1. The molecule has 0 aliphatic rings. The minimum atomic E-state index is -0.571. The molecule has 0 saturated carbocycles. The van der Waals surface area contributed by atoms with E-state index in [1.165, 1.54) is 0 Å². The molecular formula is C18H21N5O2. The van der Waals surface area contributed by atoms with Gasteiger partial charge in [0.15, 0.2) is 5.82 Å².